The van der Waals surface area contributed by atoms with Crippen LogP contribution in [-0.4, -0.2) is 0 Å². The Bertz CT molecular complexity index is 2140. The minimum Gasteiger partial charge on any atom is -0.0616 e. The predicted molar refractivity (Wildman–Crippen MR) is 183 cm³/mol. The summed E-state index contributed by atoms with van der Waals surface area (Å²) in [5, 5.41) is 10.5. The lowest BCUT2D eigenvalue weighted by Crippen LogP contribution is -2.10. The molecule has 0 radical (unpaired) electrons. The van der Waals surface area contributed by atoms with Gasteiger partial charge in [0.1, 0.15) is 0 Å². The molecule has 1 aliphatic rings. The number of fused-ring (bicyclic) bond motifs is 5. The lowest BCUT2D eigenvalue weighted by atomic mass is 9.83. The maximum Gasteiger partial charge on any atom is -0.00206 e. The number of hydrogen-bond donors (Lipinski definition) is 0. The summed E-state index contributed by atoms with van der Waals surface area (Å²) in [5.74, 6) is 0. The Kier molecular flexibility index (Phi) is 5.47. The Morgan fingerprint density at radius 3 is 1.26 bits per heavy atom. The van der Waals surface area contributed by atoms with E-state index in [2.05, 4.69) is 149 Å². The summed E-state index contributed by atoms with van der Waals surface area (Å²) >= 11 is 0. The van der Waals surface area contributed by atoms with Crippen LogP contribution in [0.3, 0.4) is 0 Å². The molecule has 0 heteroatoms. The summed E-state index contributed by atoms with van der Waals surface area (Å²) in [4.78, 5) is 0. The smallest absolute Gasteiger partial charge is 0.00206 e. The van der Waals surface area contributed by atoms with Crippen LogP contribution in [0.1, 0.15) is 38.8 Å². The lowest BCUT2D eigenvalue weighted by molar-refractivity contribution is 0.497. The van der Waals surface area contributed by atoms with Crippen molar-refractivity contribution in [3.05, 3.63) is 138 Å². The van der Waals surface area contributed by atoms with E-state index < -0.39 is 0 Å². The third-order valence-corrected chi connectivity index (χ3v) is 9.48. The van der Waals surface area contributed by atoms with Crippen LogP contribution >= 0.6 is 0 Å². The normalized spacial score (nSPS) is 13.5. The van der Waals surface area contributed by atoms with Crippen molar-refractivity contribution in [1.29, 1.82) is 0 Å². The first-order valence-electron chi connectivity index (χ1n) is 15.1. The zero-order chi connectivity index (χ0) is 28.6. The zero-order valence-corrected chi connectivity index (χ0v) is 24.8. The summed E-state index contributed by atoms with van der Waals surface area (Å²) in [6, 6.07) is 45.1. The van der Waals surface area contributed by atoms with Crippen LogP contribution < -0.4 is 0 Å². The molecule has 0 heterocycles. The lowest BCUT2D eigenvalue weighted by Gasteiger charge is -2.22. The monoisotopic (exact) mass is 538 g/mol. The molecule has 0 saturated carbocycles. The molecule has 8 rings (SSSR count). The summed E-state index contributed by atoms with van der Waals surface area (Å²) in [6.07, 6.45) is 0.980. The maximum atomic E-state index is 2.43. The first-order chi connectivity index (χ1) is 20.4. The molecule has 7 aromatic carbocycles. The van der Waals surface area contributed by atoms with Crippen LogP contribution in [0.5, 0.6) is 0 Å². The quantitative estimate of drug-likeness (QED) is 0.192. The SMILES string of the molecule is CC1=C(C(C)(C)C)Cc2c(-c3c4ccccc4cc4ccccc34)ccc(-c3c4ccccc4cc4ccccc34)c21. The first kappa shape index (κ1) is 25.1. The average Bonchev–Trinajstić information content (AvgIpc) is 3.36. The van der Waals surface area contributed by atoms with Gasteiger partial charge in [-0.1, -0.05) is 136 Å². The van der Waals surface area contributed by atoms with Gasteiger partial charge in [-0.05, 0) is 113 Å². The summed E-state index contributed by atoms with van der Waals surface area (Å²) in [7, 11) is 0. The average molecular weight is 539 g/mol. The number of rotatable bonds is 2. The third kappa shape index (κ3) is 3.68. The van der Waals surface area contributed by atoms with Crippen molar-refractivity contribution in [3.63, 3.8) is 0 Å². The Balaban J connectivity index is 1.53. The summed E-state index contributed by atoms with van der Waals surface area (Å²) < 4.78 is 0. The van der Waals surface area contributed by atoms with Crippen molar-refractivity contribution in [1.82, 2.24) is 0 Å². The zero-order valence-electron chi connectivity index (χ0n) is 24.8. The molecule has 0 amide bonds. The van der Waals surface area contributed by atoms with E-state index in [0.717, 1.165) is 6.42 Å². The fraction of sp³-hybridized carbons (Fsp3) is 0.143. The fourth-order valence-corrected chi connectivity index (χ4v) is 7.60. The minimum absolute atomic E-state index is 0.0826. The van der Waals surface area contributed by atoms with Crippen molar-refractivity contribution >= 4 is 48.7 Å². The molecule has 0 bridgehead atoms. The van der Waals surface area contributed by atoms with E-state index in [9.17, 15) is 0 Å². The van der Waals surface area contributed by atoms with Crippen molar-refractivity contribution in [2.75, 3.05) is 0 Å². The molecule has 202 valence electrons. The van der Waals surface area contributed by atoms with Gasteiger partial charge in [0.05, 0.1) is 0 Å². The van der Waals surface area contributed by atoms with Gasteiger partial charge >= 0.3 is 0 Å². The van der Waals surface area contributed by atoms with Gasteiger partial charge in [0, 0.05) is 0 Å². The molecule has 0 nitrogen and oxygen atoms in total. The fourth-order valence-electron chi connectivity index (χ4n) is 7.60. The van der Waals surface area contributed by atoms with E-state index in [1.165, 1.54) is 82.0 Å². The Hall–Kier alpha value is -4.68. The second-order valence-electron chi connectivity index (χ2n) is 12.9. The van der Waals surface area contributed by atoms with Crippen molar-refractivity contribution in [3.8, 4) is 22.3 Å². The summed E-state index contributed by atoms with van der Waals surface area (Å²) in [6.45, 7) is 9.49. The second-order valence-corrected chi connectivity index (χ2v) is 12.9. The van der Waals surface area contributed by atoms with Crippen LogP contribution in [0.2, 0.25) is 0 Å². The highest BCUT2D eigenvalue weighted by atomic mass is 14.4. The van der Waals surface area contributed by atoms with Crippen molar-refractivity contribution in [2.45, 2.75) is 34.1 Å². The van der Waals surface area contributed by atoms with Gasteiger partial charge in [-0.2, -0.15) is 0 Å². The van der Waals surface area contributed by atoms with Gasteiger partial charge in [0.15, 0.2) is 0 Å². The van der Waals surface area contributed by atoms with E-state index in [4.69, 9.17) is 0 Å². The first-order valence-corrected chi connectivity index (χ1v) is 15.1. The molecule has 0 atom stereocenters. The van der Waals surface area contributed by atoms with Gasteiger partial charge in [0.25, 0.3) is 0 Å². The Labute approximate surface area is 247 Å². The van der Waals surface area contributed by atoms with Crippen LogP contribution in [0.25, 0.3) is 70.9 Å². The highest BCUT2D eigenvalue weighted by molar-refractivity contribution is 6.17. The molecule has 1 aliphatic carbocycles. The third-order valence-electron chi connectivity index (χ3n) is 9.48. The van der Waals surface area contributed by atoms with Crippen LogP contribution in [-0.2, 0) is 6.42 Å². The molecule has 0 aromatic heterocycles. The molecule has 0 unspecified atom stereocenters. The van der Waals surface area contributed by atoms with E-state index in [-0.39, 0.29) is 5.41 Å². The highest BCUT2D eigenvalue weighted by Gasteiger charge is 2.32. The molecular weight excluding hydrogens is 504 g/mol. The van der Waals surface area contributed by atoms with E-state index in [1.807, 2.05) is 0 Å². The molecule has 0 fully saturated rings. The molecule has 7 aromatic rings. The molecule has 0 aliphatic heterocycles. The topological polar surface area (TPSA) is 0 Å². The molecule has 0 spiro atoms. The van der Waals surface area contributed by atoms with Crippen molar-refractivity contribution < 1.29 is 0 Å². The van der Waals surface area contributed by atoms with Crippen LogP contribution in [0.4, 0.5) is 0 Å². The molecular formula is C42H34. The largest absolute Gasteiger partial charge is 0.0616 e. The van der Waals surface area contributed by atoms with Gasteiger partial charge in [0.2, 0.25) is 0 Å². The molecule has 0 saturated heterocycles. The van der Waals surface area contributed by atoms with E-state index >= 15 is 0 Å². The van der Waals surface area contributed by atoms with Gasteiger partial charge in [-0.25, -0.2) is 0 Å². The second kappa shape index (κ2) is 9.16. The van der Waals surface area contributed by atoms with Gasteiger partial charge in [-0.15, -0.1) is 0 Å². The maximum absolute atomic E-state index is 2.43. The number of hydrogen-bond acceptors (Lipinski definition) is 0. The number of benzene rings is 7. The van der Waals surface area contributed by atoms with Gasteiger partial charge < -0.3 is 0 Å². The molecule has 42 heavy (non-hydrogen) atoms. The van der Waals surface area contributed by atoms with Crippen LogP contribution in [0, 0.1) is 5.41 Å². The Morgan fingerprint density at radius 2 is 0.833 bits per heavy atom. The predicted octanol–water partition coefficient (Wildman–Crippen LogP) is 12.0. The standard InChI is InChI=1S/C42H34/c1-26-38(42(2,3)4)25-37-35(40-31-17-9-5-13-27(31)23-28-14-6-10-18-32(28)40)21-22-36(39(26)37)41-33-19-11-7-15-29(33)24-30-16-8-12-20-34(30)41/h5-24H,25H2,1-4H3. The number of allylic oxidation sites excluding steroid dienone is 2. The minimum atomic E-state index is 0.0826. The summed E-state index contributed by atoms with van der Waals surface area (Å²) in [5.41, 5.74) is 11.4. The van der Waals surface area contributed by atoms with E-state index in [0.29, 0.717) is 0 Å². The Morgan fingerprint density at radius 1 is 0.452 bits per heavy atom. The molecule has 0 N–H and O–H groups in total. The van der Waals surface area contributed by atoms with Gasteiger partial charge in [-0.3, -0.25) is 0 Å². The van der Waals surface area contributed by atoms with Crippen LogP contribution in [0.15, 0.2) is 127 Å². The van der Waals surface area contributed by atoms with Crippen molar-refractivity contribution in [2.24, 2.45) is 5.41 Å². The van der Waals surface area contributed by atoms with E-state index in [1.54, 1.807) is 5.57 Å². The highest BCUT2D eigenvalue weighted by Crippen LogP contribution is 2.52.